The van der Waals surface area contributed by atoms with Gasteiger partial charge in [-0.1, -0.05) is 90.3 Å². The van der Waals surface area contributed by atoms with Crippen molar-refractivity contribution in [2.75, 3.05) is 31.1 Å². The molecule has 0 aliphatic carbocycles. The monoisotopic (exact) mass is 805 g/mol. The lowest BCUT2D eigenvalue weighted by molar-refractivity contribution is -0.435. The Balaban J connectivity index is 0.00000451. The second kappa shape index (κ2) is 16.5. The zero-order chi connectivity index (χ0) is 32.9. The van der Waals surface area contributed by atoms with Gasteiger partial charge in [-0.15, -0.1) is 0 Å². The van der Waals surface area contributed by atoms with Crippen LogP contribution >= 0.6 is 35.3 Å². The number of carbonyl (C=O) groups is 1. The molecule has 0 N–H and O–H groups in total. The average molecular weight is 806 g/mol. The fourth-order valence-electron chi connectivity index (χ4n) is 5.82. The number of likely N-dealkylation sites (N-methyl/N-ethyl adjacent to an activating group) is 1. The molecule has 248 valence electrons. The first-order chi connectivity index (χ1) is 22.9. The Kier molecular flexibility index (Phi) is 12.4. The Morgan fingerprint density at radius 2 is 1.52 bits per heavy atom. The first-order valence-electron chi connectivity index (χ1n) is 16.2. The molecule has 9 heteroatoms. The van der Waals surface area contributed by atoms with E-state index in [1.807, 2.05) is 30.6 Å². The summed E-state index contributed by atoms with van der Waals surface area (Å²) in [7, 11) is 0. The van der Waals surface area contributed by atoms with Gasteiger partial charge in [0.2, 0.25) is 0 Å². The minimum Gasteiger partial charge on any atom is -1.00 e. The van der Waals surface area contributed by atoms with Crippen molar-refractivity contribution in [1.82, 2.24) is 4.90 Å². The molecule has 0 bridgehead atoms. The largest absolute Gasteiger partial charge is 1.00 e. The van der Waals surface area contributed by atoms with E-state index >= 15 is 0 Å². The maximum atomic E-state index is 13.7. The van der Waals surface area contributed by atoms with Crippen molar-refractivity contribution in [3.05, 3.63) is 141 Å². The number of benzene rings is 3. The molecular formula is C39H40IN3O2S3. The Hall–Kier alpha value is -3.12. The molecule has 0 fully saturated rings. The number of amides is 1. The lowest BCUT2D eigenvalue weighted by atomic mass is 10.1. The summed E-state index contributed by atoms with van der Waals surface area (Å²) in [5.41, 5.74) is 6.05. The van der Waals surface area contributed by atoms with Gasteiger partial charge in [-0.3, -0.25) is 0 Å². The number of halogens is 1. The van der Waals surface area contributed by atoms with Gasteiger partial charge >= 0.3 is 5.91 Å². The van der Waals surface area contributed by atoms with Crippen molar-refractivity contribution in [1.29, 1.82) is 0 Å². The van der Waals surface area contributed by atoms with Crippen LogP contribution < -0.4 is 28.9 Å². The van der Waals surface area contributed by atoms with Crippen LogP contribution in [0.1, 0.15) is 44.4 Å². The van der Waals surface area contributed by atoms with Gasteiger partial charge < -0.3 is 38.5 Å². The van der Waals surface area contributed by atoms with Crippen LogP contribution in [0.15, 0.2) is 129 Å². The molecular weight excluding hydrogens is 766 g/mol. The summed E-state index contributed by atoms with van der Waals surface area (Å²) in [6, 6.07) is 27.7. The molecule has 5 nitrogen and oxygen atoms in total. The van der Waals surface area contributed by atoms with Gasteiger partial charge in [0.15, 0.2) is 6.54 Å². The molecule has 3 aromatic carbocycles. The van der Waals surface area contributed by atoms with Gasteiger partial charge in [-0.2, -0.15) is 4.58 Å². The second-order valence-electron chi connectivity index (χ2n) is 11.1. The van der Waals surface area contributed by atoms with Crippen LogP contribution in [0.2, 0.25) is 0 Å². The van der Waals surface area contributed by atoms with Crippen LogP contribution in [0.3, 0.4) is 0 Å². The van der Waals surface area contributed by atoms with E-state index in [0.717, 1.165) is 34.0 Å². The molecule has 3 heterocycles. The predicted octanol–water partition coefficient (Wildman–Crippen LogP) is 6.72. The van der Waals surface area contributed by atoms with Gasteiger partial charge in [-0.05, 0) is 87.4 Å². The number of rotatable bonds is 10. The smallest absolute Gasteiger partial charge is 0.427 e. The highest BCUT2D eigenvalue weighted by atomic mass is 127. The minimum absolute atomic E-state index is 0. The van der Waals surface area contributed by atoms with Gasteiger partial charge in [0, 0.05) is 35.0 Å². The van der Waals surface area contributed by atoms with Crippen LogP contribution in [-0.4, -0.2) is 46.7 Å². The molecule has 0 radical (unpaired) electrons. The third kappa shape index (κ3) is 7.54. The SMILES string of the molecule is CCOC(=C\C=C1\SC(/C=C2\SC(c3ccccc3)=C(c3ccccc3)N2CC)=[N+](CC)C1=O)/C=C1\Sc2ccc(C)cc2N1CC.[I-]. The molecule has 0 unspecified atom stereocenters. The zero-order valence-corrected chi connectivity index (χ0v) is 32.5. The third-order valence-electron chi connectivity index (χ3n) is 8.03. The molecule has 3 aromatic rings. The van der Waals surface area contributed by atoms with E-state index in [-0.39, 0.29) is 29.9 Å². The molecule has 0 aromatic heterocycles. The molecule has 1 amide bonds. The normalized spacial score (nSPS) is 18.9. The molecule has 0 atom stereocenters. The molecule has 0 spiro atoms. The van der Waals surface area contributed by atoms with Gasteiger partial charge in [-0.25, -0.2) is 4.79 Å². The number of allylic oxidation sites excluding steroid dienone is 3. The summed E-state index contributed by atoms with van der Waals surface area (Å²) < 4.78 is 7.94. The van der Waals surface area contributed by atoms with Crippen LogP contribution in [-0.2, 0) is 9.53 Å². The number of ether oxygens (including phenoxy) is 1. The Morgan fingerprint density at radius 3 is 2.17 bits per heavy atom. The van der Waals surface area contributed by atoms with Crippen LogP contribution in [0.4, 0.5) is 5.69 Å². The number of hydrogen-bond acceptors (Lipinski definition) is 7. The summed E-state index contributed by atoms with van der Waals surface area (Å²) in [6.07, 6.45) is 8.13. The summed E-state index contributed by atoms with van der Waals surface area (Å²) in [4.78, 5) is 21.5. The van der Waals surface area contributed by atoms with Crippen molar-refractivity contribution < 1.29 is 38.1 Å². The zero-order valence-electron chi connectivity index (χ0n) is 27.9. The highest BCUT2D eigenvalue weighted by Crippen LogP contribution is 2.51. The van der Waals surface area contributed by atoms with Crippen molar-refractivity contribution in [2.24, 2.45) is 0 Å². The number of carbonyl (C=O) groups excluding carboxylic acids is 1. The summed E-state index contributed by atoms with van der Waals surface area (Å²) in [6.45, 7) is 13.3. The van der Waals surface area contributed by atoms with Crippen LogP contribution in [0, 0.1) is 6.92 Å². The molecule has 3 aliphatic heterocycles. The quantitative estimate of drug-likeness (QED) is 0.0976. The third-order valence-corrected chi connectivity index (χ3v) is 11.4. The molecule has 6 rings (SSSR count). The lowest BCUT2D eigenvalue weighted by Gasteiger charge is -2.21. The average Bonchev–Trinajstić information content (AvgIpc) is 3.73. The highest BCUT2D eigenvalue weighted by Gasteiger charge is 2.38. The Labute approximate surface area is 314 Å². The van der Waals surface area contributed by atoms with E-state index < -0.39 is 0 Å². The lowest BCUT2D eigenvalue weighted by Crippen LogP contribution is -3.00. The summed E-state index contributed by atoms with van der Waals surface area (Å²) in [5, 5.41) is 3.17. The van der Waals surface area contributed by atoms with Crippen LogP contribution in [0.25, 0.3) is 10.6 Å². The number of aryl methyl sites for hydroxylation is 1. The van der Waals surface area contributed by atoms with E-state index in [4.69, 9.17) is 4.74 Å². The summed E-state index contributed by atoms with van der Waals surface area (Å²) >= 11 is 5.05. The maximum absolute atomic E-state index is 13.7. The fourth-order valence-corrected chi connectivity index (χ4v) is 9.38. The summed E-state index contributed by atoms with van der Waals surface area (Å²) in [5.74, 6) is 0.754. The first kappa shape index (κ1) is 36.2. The minimum atomic E-state index is 0. The number of nitrogens with zero attached hydrogens (tertiary/aromatic N) is 3. The van der Waals surface area contributed by atoms with Gasteiger partial charge in [0.1, 0.15) is 10.7 Å². The van der Waals surface area contributed by atoms with E-state index in [9.17, 15) is 4.79 Å². The fraction of sp³-hybridized carbons (Fsp3) is 0.231. The van der Waals surface area contributed by atoms with Crippen molar-refractivity contribution >= 4 is 62.5 Å². The molecule has 0 saturated heterocycles. The predicted molar refractivity (Wildman–Crippen MR) is 202 cm³/mol. The maximum Gasteiger partial charge on any atom is 0.427 e. The van der Waals surface area contributed by atoms with E-state index in [1.54, 1.807) is 23.5 Å². The van der Waals surface area contributed by atoms with Crippen LogP contribution in [0.5, 0.6) is 0 Å². The van der Waals surface area contributed by atoms with E-state index in [1.165, 1.54) is 49.6 Å². The first-order valence-corrected chi connectivity index (χ1v) is 18.6. The highest BCUT2D eigenvalue weighted by molar-refractivity contribution is 8.18. The van der Waals surface area contributed by atoms with E-state index in [0.29, 0.717) is 18.1 Å². The standard InChI is InChI=1S/C39H40N3O2S3.HI/c1-6-40-31-24-27(5)20-22-32(31)45-34(40)25-30(44-9-4)21-23-33-39(43)42(8-3)36(46-33)26-35-41(7-2)37(28-16-12-10-13-17-28)38(47-35)29-18-14-11-15-19-29;/h10-26H,6-9H2,1-5H3;1H/q+1;/p-1/b30-21-,33-23+,34-25-;. The molecule has 3 aliphatic rings. The van der Waals surface area contributed by atoms with Crippen molar-refractivity contribution in [2.45, 2.75) is 39.5 Å². The van der Waals surface area contributed by atoms with Gasteiger partial charge in [0.05, 0.1) is 28.0 Å². The second-order valence-corrected chi connectivity index (χ2v) is 14.2. The van der Waals surface area contributed by atoms with E-state index in [2.05, 4.69) is 122 Å². The number of anilines is 1. The van der Waals surface area contributed by atoms with Crippen molar-refractivity contribution in [3.63, 3.8) is 0 Å². The molecule has 48 heavy (non-hydrogen) atoms. The topological polar surface area (TPSA) is 35.8 Å². The van der Waals surface area contributed by atoms with Gasteiger partial charge in [0.25, 0.3) is 5.04 Å². The number of hydrogen-bond donors (Lipinski definition) is 0. The Bertz CT molecular complexity index is 1860. The number of thioether (sulfide) groups is 3. The molecule has 0 saturated carbocycles. The number of fused-ring (bicyclic) bond motifs is 1. The van der Waals surface area contributed by atoms with Crippen molar-refractivity contribution in [3.8, 4) is 0 Å². The Morgan fingerprint density at radius 1 is 0.833 bits per heavy atom.